The highest BCUT2D eigenvalue weighted by atomic mass is 35.5. The second kappa shape index (κ2) is 7.58. The van der Waals surface area contributed by atoms with Crippen LogP contribution in [0.15, 0.2) is 53.7 Å². The molecular weight excluding hydrogens is 397 g/mol. The average molecular weight is 411 g/mol. The first-order valence-electron chi connectivity index (χ1n) is 7.66. The molecule has 0 aromatic heterocycles. The minimum absolute atomic E-state index is 0.314. The summed E-state index contributed by atoms with van der Waals surface area (Å²) in [7, 11) is 0. The highest BCUT2D eigenvalue weighted by Gasteiger charge is 2.33. The molecule has 3 N–H and O–H groups in total. The molecule has 0 radical (unpaired) electrons. The molecule has 0 saturated carbocycles. The number of hydrogen-bond donors (Lipinski definition) is 3. The van der Waals surface area contributed by atoms with E-state index in [9.17, 15) is 9.59 Å². The van der Waals surface area contributed by atoms with Crippen LogP contribution in [0.2, 0.25) is 15.1 Å². The van der Waals surface area contributed by atoms with Gasteiger partial charge in [0, 0.05) is 32.0 Å². The van der Waals surface area contributed by atoms with Crippen molar-refractivity contribution in [3.63, 3.8) is 0 Å². The van der Waals surface area contributed by atoms with Gasteiger partial charge in [0.25, 0.3) is 5.91 Å². The Morgan fingerprint density at radius 3 is 2.27 bits per heavy atom. The van der Waals surface area contributed by atoms with Crippen molar-refractivity contribution >= 4 is 52.4 Å². The quantitative estimate of drug-likeness (QED) is 0.672. The van der Waals surface area contributed by atoms with Gasteiger partial charge in [0.05, 0.1) is 11.6 Å². The van der Waals surface area contributed by atoms with Crippen molar-refractivity contribution in [2.24, 2.45) is 0 Å². The summed E-state index contributed by atoms with van der Waals surface area (Å²) < 4.78 is 0. The molecule has 134 valence electrons. The maximum Gasteiger partial charge on any atom is 0.319 e. The minimum Gasteiger partial charge on any atom is -0.327 e. The molecule has 0 unspecified atom stereocenters. The summed E-state index contributed by atoms with van der Waals surface area (Å²) in [6, 6.07) is 10.5. The Bertz CT molecular complexity index is 890. The van der Waals surface area contributed by atoms with Crippen molar-refractivity contribution in [2.45, 2.75) is 13.0 Å². The molecule has 5 nitrogen and oxygen atoms in total. The van der Waals surface area contributed by atoms with Gasteiger partial charge in [0.1, 0.15) is 0 Å². The Hall–Kier alpha value is -2.21. The Balaban J connectivity index is 2.00. The predicted octanol–water partition coefficient (Wildman–Crippen LogP) is 4.91. The van der Waals surface area contributed by atoms with E-state index >= 15 is 0 Å². The lowest BCUT2D eigenvalue weighted by molar-refractivity contribution is -0.113. The van der Waals surface area contributed by atoms with Crippen LogP contribution in [0, 0.1) is 0 Å². The topological polar surface area (TPSA) is 70.2 Å². The maximum atomic E-state index is 12.9. The fourth-order valence-electron chi connectivity index (χ4n) is 2.73. The minimum atomic E-state index is -0.780. The fraction of sp³-hybridized carbons (Fsp3) is 0.111. The van der Waals surface area contributed by atoms with Crippen molar-refractivity contribution in [1.82, 2.24) is 10.6 Å². The molecule has 3 amide bonds. The van der Waals surface area contributed by atoms with Gasteiger partial charge >= 0.3 is 6.03 Å². The summed E-state index contributed by atoms with van der Waals surface area (Å²) in [4.78, 5) is 24.9. The van der Waals surface area contributed by atoms with Crippen molar-refractivity contribution < 1.29 is 9.59 Å². The third kappa shape index (κ3) is 3.80. The molecule has 2 aromatic rings. The Morgan fingerprint density at radius 2 is 1.65 bits per heavy atom. The Kier molecular flexibility index (Phi) is 5.41. The lowest BCUT2D eigenvalue weighted by Gasteiger charge is -2.29. The SMILES string of the molecule is CC1=C(C(=O)Nc2ccc(Cl)cc2)[C@@H](c2c(Cl)cccc2Cl)NC(=O)N1. The van der Waals surface area contributed by atoms with Crippen LogP contribution < -0.4 is 16.0 Å². The van der Waals surface area contributed by atoms with E-state index in [0.717, 1.165) is 0 Å². The smallest absolute Gasteiger partial charge is 0.319 e. The van der Waals surface area contributed by atoms with Crippen molar-refractivity contribution in [2.75, 3.05) is 5.32 Å². The third-order valence-corrected chi connectivity index (χ3v) is 4.82. The third-order valence-electron chi connectivity index (χ3n) is 3.90. The lowest BCUT2D eigenvalue weighted by Crippen LogP contribution is -2.46. The second-order valence-electron chi connectivity index (χ2n) is 5.67. The number of rotatable bonds is 3. The molecule has 0 bridgehead atoms. The van der Waals surface area contributed by atoms with Crippen LogP contribution in [0.25, 0.3) is 0 Å². The second-order valence-corrected chi connectivity index (χ2v) is 6.92. The van der Waals surface area contributed by atoms with Crippen LogP contribution >= 0.6 is 34.8 Å². The van der Waals surface area contributed by atoms with E-state index in [-0.39, 0.29) is 0 Å². The van der Waals surface area contributed by atoms with Crippen molar-refractivity contribution in [1.29, 1.82) is 0 Å². The molecule has 1 aliphatic heterocycles. The van der Waals surface area contributed by atoms with Gasteiger partial charge in [-0.1, -0.05) is 40.9 Å². The number of carbonyl (C=O) groups excluding carboxylic acids is 2. The first-order chi connectivity index (χ1) is 12.4. The monoisotopic (exact) mass is 409 g/mol. The largest absolute Gasteiger partial charge is 0.327 e. The average Bonchev–Trinajstić information content (AvgIpc) is 2.56. The first kappa shape index (κ1) is 18.6. The number of halogens is 3. The van der Waals surface area contributed by atoms with Crippen LogP contribution in [-0.4, -0.2) is 11.9 Å². The zero-order valence-corrected chi connectivity index (χ0v) is 15.8. The molecule has 1 aliphatic rings. The predicted molar refractivity (Wildman–Crippen MR) is 104 cm³/mol. The maximum absolute atomic E-state index is 12.9. The molecule has 0 saturated heterocycles. The number of anilines is 1. The molecule has 0 spiro atoms. The molecule has 3 rings (SSSR count). The van der Waals surface area contributed by atoms with E-state index in [1.165, 1.54) is 0 Å². The van der Waals surface area contributed by atoms with E-state index < -0.39 is 18.0 Å². The van der Waals surface area contributed by atoms with E-state index in [1.54, 1.807) is 49.4 Å². The van der Waals surface area contributed by atoms with Crippen LogP contribution in [0.1, 0.15) is 18.5 Å². The zero-order chi connectivity index (χ0) is 18.8. The molecule has 1 heterocycles. The molecular formula is C18H14Cl3N3O2. The van der Waals surface area contributed by atoms with E-state index in [1.807, 2.05) is 0 Å². The number of carbonyl (C=O) groups is 2. The summed E-state index contributed by atoms with van der Waals surface area (Å²) in [5.74, 6) is -0.390. The molecule has 2 aromatic carbocycles. The summed E-state index contributed by atoms with van der Waals surface area (Å²) >= 11 is 18.4. The van der Waals surface area contributed by atoms with Gasteiger partial charge < -0.3 is 16.0 Å². The molecule has 0 aliphatic carbocycles. The Morgan fingerprint density at radius 1 is 1.04 bits per heavy atom. The van der Waals surface area contributed by atoms with Gasteiger partial charge in [-0.2, -0.15) is 0 Å². The summed E-state index contributed by atoms with van der Waals surface area (Å²) in [5.41, 5.74) is 1.77. The lowest BCUT2D eigenvalue weighted by atomic mass is 9.94. The van der Waals surface area contributed by atoms with Gasteiger partial charge in [-0.25, -0.2) is 4.79 Å². The van der Waals surface area contributed by atoms with E-state index in [2.05, 4.69) is 16.0 Å². The normalized spacial score (nSPS) is 16.8. The molecule has 26 heavy (non-hydrogen) atoms. The van der Waals surface area contributed by atoms with Crippen molar-refractivity contribution in [3.8, 4) is 0 Å². The Labute approximate surface area is 165 Å². The highest BCUT2D eigenvalue weighted by molar-refractivity contribution is 6.36. The van der Waals surface area contributed by atoms with Gasteiger partial charge in [0.15, 0.2) is 0 Å². The summed E-state index contributed by atoms with van der Waals surface area (Å²) in [6.07, 6.45) is 0. The molecule has 8 heteroatoms. The number of benzene rings is 2. The number of nitrogens with one attached hydrogen (secondary N) is 3. The van der Waals surface area contributed by atoms with Gasteiger partial charge in [-0.3, -0.25) is 4.79 Å². The fourth-order valence-corrected chi connectivity index (χ4v) is 3.47. The van der Waals surface area contributed by atoms with Crippen LogP contribution in [0.3, 0.4) is 0 Å². The summed E-state index contributed by atoms with van der Waals surface area (Å²) in [5, 5.41) is 9.38. The van der Waals surface area contributed by atoms with Gasteiger partial charge in [-0.05, 0) is 43.3 Å². The van der Waals surface area contributed by atoms with Gasteiger partial charge in [0.2, 0.25) is 0 Å². The first-order valence-corrected chi connectivity index (χ1v) is 8.79. The van der Waals surface area contributed by atoms with Crippen molar-refractivity contribution in [3.05, 3.63) is 74.4 Å². The highest BCUT2D eigenvalue weighted by Crippen LogP contribution is 2.36. The number of hydrogen-bond acceptors (Lipinski definition) is 2. The number of urea groups is 1. The number of amides is 3. The molecule has 1 atom stereocenters. The van der Waals surface area contributed by atoms with E-state index in [0.29, 0.717) is 37.6 Å². The van der Waals surface area contributed by atoms with E-state index in [4.69, 9.17) is 34.8 Å². The van der Waals surface area contributed by atoms with Crippen LogP contribution in [0.4, 0.5) is 10.5 Å². The standard InChI is InChI=1S/C18H14Cl3N3O2/c1-9-14(17(25)23-11-7-5-10(19)6-8-11)16(24-18(26)22-9)15-12(20)3-2-4-13(15)21/h2-8,16H,1H3,(H,23,25)(H2,22,24,26)/t16-/m0/s1. The summed E-state index contributed by atoms with van der Waals surface area (Å²) in [6.45, 7) is 1.65. The number of allylic oxidation sites excluding steroid dienone is 1. The van der Waals surface area contributed by atoms with Gasteiger partial charge in [-0.15, -0.1) is 0 Å². The molecule has 0 fully saturated rings. The van der Waals surface area contributed by atoms with Crippen LogP contribution in [0.5, 0.6) is 0 Å². The zero-order valence-electron chi connectivity index (χ0n) is 13.6. The van der Waals surface area contributed by atoms with Crippen LogP contribution in [-0.2, 0) is 4.79 Å².